The molecule has 1 amide bonds. The number of benzene rings is 1. The van der Waals surface area contributed by atoms with E-state index in [1.165, 1.54) is 6.07 Å². The van der Waals surface area contributed by atoms with Gasteiger partial charge in [0.2, 0.25) is 5.91 Å². The first kappa shape index (κ1) is 19.9. The summed E-state index contributed by atoms with van der Waals surface area (Å²) in [5, 5.41) is 7.44. The Morgan fingerprint density at radius 1 is 1.32 bits per heavy atom. The van der Waals surface area contributed by atoms with E-state index in [9.17, 15) is 9.18 Å². The monoisotopic (exact) mass is 386 g/mol. The van der Waals surface area contributed by atoms with Crippen LogP contribution in [0.3, 0.4) is 0 Å². The summed E-state index contributed by atoms with van der Waals surface area (Å²) in [4.78, 5) is 20.6. The number of hydrogen-bond donors (Lipinski definition) is 1. The maximum Gasteiger partial charge on any atom is 0.246 e. The number of anilines is 1. The summed E-state index contributed by atoms with van der Waals surface area (Å²) in [6, 6.07) is 6.80. The maximum absolute atomic E-state index is 14.2. The lowest BCUT2D eigenvalue weighted by Gasteiger charge is -2.36. The van der Waals surface area contributed by atoms with Gasteiger partial charge in [-0.2, -0.15) is 5.10 Å². The van der Waals surface area contributed by atoms with Crippen molar-refractivity contribution in [3.8, 4) is 0 Å². The summed E-state index contributed by atoms with van der Waals surface area (Å²) >= 11 is 0. The van der Waals surface area contributed by atoms with Gasteiger partial charge in [-0.3, -0.25) is 14.5 Å². The van der Waals surface area contributed by atoms with Crippen molar-refractivity contribution in [1.82, 2.24) is 20.0 Å². The van der Waals surface area contributed by atoms with Gasteiger partial charge in [-0.1, -0.05) is 32.0 Å². The number of carbonyl (C=O) groups is 1. The third kappa shape index (κ3) is 4.16. The average molecular weight is 386 g/mol. The Morgan fingerprint density at radius 2 is 2.07 bits per heavy atom. The van der Waals surface area contributed by atoms with Gasteiger partial charge < -0.3 is 15.1 Å². The number of carbonyl (C=O) groups excluding carboxylic acids is 1. The SMILES string of the molecule is CN=C(NCC(C)(C)c1ccccc1F)N1CCN(c2cnn(C)c2)C(=O)C1. The minimum absolute atomic E-state index is 0.00411. The van der Waals surface area contributed by atoms with E-state index in [-0.39, 0.29) is 18.3 Å². The van der Waals surface area contributed by atoms with Crippen LogP contribution in [0.15, 0.2) is 41.7 Å². The second-order valence-electron chi connectivity index (χ2n) is 7.60. The summed E-state index contributed by atoms with van der Waals surface area (Å²) in [6.07, 6.45) is 3.52. The molecule has 3 rings (SSSR count). The predicted octanol–water partition coefficient (Wildman–Crippen LogP) is 1.76. The van der Waals surface area contributed by atoms with Crippen molar-refractivity contribution >= 4 is 17.6 Å². The Labute approximate surface area is 164 Å². The standard InChI is InChI=1S/C20H27FN6O/c1-20(2,16-7-5-6-8-17(16)21)14-23-19(22-3)26-9-10-27(18(28)13-26)15-11-24-25(4)12-15/h5-8,11-12H,9-10,13-14H2,1-4H3,(H,22,23). The molecular weight excluding hydrogens is 359 g/mol. The van der Waals surface area contributed by atoms with E-state index in [2.05, 4.69) is 15.4 Å². The van der Waals surface area contributed by atoms with E-state index < -0.39 is 5.41 Å². The van der Waals surface area contributed by atoms with Gasteiger partial charge in [-0.25, -0.2) is 4.39 Å². The van der Waals surface area contributed by atoms with Gasteiger partial charge in [0.05, 0.1) is 11.9 Å². The van der Waals surface area contributed by atoms with E-state index in [0.29, 0.717) is 31.2 Å². The number of amides is 1. The second kappa shape index (κ2) is 8.00. The van der Waals surface area contributed by atoms with Gasteiger partial charge in [0, 0.05) is 45.3 Å². The van der Waals surface area contributed by atoms with E-state index in [0.717, 1.165) is 5.69 Å². The van der Waals surface area contributed by atoms with Crippen LogP contribution in [0.25, 0.3) is 0 Å². The van der Waals surface area contributed by atoms with Crippen LogP contribution < -0.4 is 10.2 Å². The molecule has 1 aliphatic rings. The van der Waals surface area contributed by atoms with Crippen molar-refractivity contribution in [3.05, 3.63) is 48.0 Å². The van der Waals surface area contributed by atoms with Crippen molar-refractivity contribution in [2.24, 2.45) is 12.0 Å². The molecule has 1 aliphatic heterocycles. The summed E-state index contributed by atoms with van der Waals surface area (Å²) in [5.41, 5.74) is 1.02. The first-order valence-corrected chi connectivity index (χ1v) is 9.31. The average Bonchev–Trinajstić information content (AvgIpc) is 3.08. The Kier molecular flexibility index (Phi) is 5.67. The first-order chi connectivity index (χ1) is 13.3. The summed E-state index contributed by atoms with van der Waals surface area (Å²) in [6.45, 7) is 5.91. The maximum atomic E-state index is 14.2. The fourth-order valence-electron chi connectivity index (χ4n) is 3.41. The minimum Gasteiger partial charge on any atom is -0.355 e. The van der Waals surface area contributed by atoms with Gasteiger partial charge in [0.1, 0.15) is 12.4 Å². The van der Waals surface area contributed by atoms with Crippen LogP contribution in [0, 0.1) is 5.82 Å². The van der Waals surface area contributed by atoms with Crippen LogP contribution in [0.4, 0.5) is 10.1 Å². The topological polar surface area (TPSA) is 65.8 Å². The van der Waals surface area contributed by atoms with E-state index >= 15 is 0 Å². The molecule has 0 bridgehead atoms. The van der Waals surface area contributed by atoms with Crippen LogP contribution in [0.1, 0.15) is 19.4 Å². The molecule has 0 spiro atoms. The lowest BCUT2D eigenvalue weighted by molar-refractivity contribution is -0.120. The molecule has 7 nitrogen and oxygen atoms in total. The molecule has 1 N–H and O–H groups in total. The first-order valence-electron chi connectivity index (χ1n) is 9.31. The minimum atomic E-state index is -0.428. The van der Waals surface area contributed by atoms with Gasteiger partial charge >= 0.3 is 0 Å². The number of aromatic nitrogens is 2. The quantitative estimate of drug-likeness (QED) is 0.642. The van der Waals surface area contributed by atoms with Crippen molar-refractivity contribution < 1.29 is 9.18 Å². The lowest BCUT2D eigenvalue weighted by atomic mass is 9.84. The molecule has 2 heterocycles. The van der Waals surface area contributed by atoms with Crippen LogP contribution in [0.2, 0.25) is 0 Å². The third-order valence-corrected chi connectivity index (χ3v) is 5.03. The fourth-order valence-corrected chi connectivity index (χ4v) is 3.41. The van der Waals surface area contributed by atoms with Gasteiger partial charge in [0.25, 0.3) is 0 Å². The van der Waals surface area contributed by atoms with Crippen LogP contribution in [-0.4, -0.2) is 59.8 Å². The zero-order valence-corrected chi connectivity index (χ0v) is 16.8. The smallest absolute Gasteiger partial charge is 0.246 e. The third-order valence-electron chi connectivity index (χ3n) is 5.03. The van der Waals surface area contributed by atoms with Crippen LogP contribution in [-0.2, 0) is 17.3 Å². The summed E-state index contributed by atoms with van der Waals surface area (Å²) in [5.74, 6) is 0.420. The zero-order valence-electron chi connectivity index (χ0n) is 16.8. The molecule has 0 aliphatic carbocycles. The normalized spacial score (nSPS) is 15.9. The van der Waals surface area contributed by atoms with E-state index in [1.807, 2.05) is 38.1 Å². The number of nitrogens with zero attached hydrogens (tertiary/aromatic N) is 5. The molecule has 0 radical (unpaired) electrons. The largest absolute Gasteiger partial charge is 0.355 e. The van der Waals surface area contributed by atoms with Crippen molar-refractivity contribution in [3.63, 3.8) is 0 Å². The number of rotatable bonds is 4. The summed E-state index contributed by atoms with van der Waals surface area (Å²) < 4.78 is 15.9. The lowest BCUT2D eigenvalue weighted by Crippen LogP contribution is -2.56. The van der Waals surface area contributed by atoms with Crippen LogP contribution >= 0.6 is 0 Å². The molecule has 0 saturated carbocycles. The summed E-state index contributed by atoms with van der Waals surface area (Å²) in [7, 11) is 3.52. The molecule has 2 aromatic rings. The number of hydrogen-bond acceptors (Lipinski definition) is 3. The number of aliphatic imine (C=N–C) groups is 1. The highest BCUT2D eigenvalue weighted by molar-refractivity contribution is 5.98. The van der Waals surface area contributed by atoms with E-state index in [1.54, 1.807) is 35.0 Å². The van der Waals surface area contributed by atoms with Gasteiger partial charge in [-0.15, -0.1) is 0 Å². The van der Waals surface area contributed by atoms with E-state index in [4.69, 9.17) is 0 Å². The number of guanidine groups is 1. The van der Waals surface area contributed by atoms with Gasteiger partial charge in [0.15, 0.2) is 5.96 Å². The number of piperazine rings is 1. The van der Waals surface area contributed by atoms with Crippen molar-refractivity contribution in [1.29, 1.82) is 0 Å². The highest BCUT2D eigenvalue weighted by Gasteiger charge is 2.29. The molecular formula is C20H27FN6O. The fraction of sp³-hybridized carbons (Fsp3) is 0.450. The van der Waals surface area contributed by atoms with Crippen molar-refractivity contribution in [2.75, 3.05) is 38.1 Å². The number of nitrogens with one attached hydrogen (secondary N) is 1. The van der Waals surface area contributed by atoms with Gasteiger partial charge in [-0.05, 0) is 11.6 Å². The molecule has 0 atom stereocenters. The molecule has 1 aromatic heterocycles. The molecule has 1 saturated heterocycles. The van der Waals surface area contributed by atoms with Crippen molar-refractivity contribution in [2.45, 2.75) is 19.3 Å². The Bertz CT molecular complexity index is 875. The molecule has 150 valence electrons. The molecule has 1 aromatic carbocycles. The highest BCUT2D eigenvalue weighted by atomic mass is 19.1. The Hall–Kier alpha value is -2.90. The molecule has 0 unspecified atom stereocenters. The highest BCUT2D eigenvalue weighted by Crippen LogP contribution is 2.25. The number of aryl methyl sites for hydroxylation is 1. The number of halogens is 1. The molecule has 28 heavy (non-hydrogen) atoms. The van der Waals surface area contributed by atoms with Crippen LogP contribution in [0.5, 0.6) is 0 Å². The Balaban J connectivity index is 1.63. The molecule has 8 heteroatoms. The second-order valence-corrected chi connectivity index (χ2v) is 7.60. The Morgan fingerprint density at radius 3 is 2.68 bits per heavy atom. The molecule has 1 fully saturated rings. The predicted molar refractivity (Wildman–Crippen MR) is 108 cm³/mol. The zero-order chi connectivity index (χ0) is 20.3.